The lowest BCUT2D eigenvalue weighted by atomic mass is 10.1. The molecule has 0 aliphatic carbocycles. The van der Waals surface area contributed by atoms with Gasteiger partial charge >= 0.3 is 0 Å². The molecule has 0 saturated heterocycles. The molecule has 0 saturated carbocycles. The van der Waals surface area contributed by atoms with Gasteiger partial charge < -0.3 is 20.1 Å². The normalized spacial score (nSPS) is 12.6. The monoisotopic (exact) mass is 372 g/mol. The zero-order valence-corrected chi connectivity index (χ0v) is 14.8. The summed E-state index contributed by atoms with van der Waals surface area (Å²) in [7, 11) is 0. The van der Waals surface area contributed by atoms with E-state index in [1.54, 1.807) is 55.5 Å². The van der Waals surface area contributed by atoms with E-state index < -0.39 is 11.8 Å². The minimum absolute atomic E-state index is 0.107. The molecule has 6 nitrogen and oxygen atoms in total. The number of halogens is 1. The number of benzene rings is 2. The molecular weight excluding hydrogens is 356 g/mol. The smallest absolute Gasteiger partial charge is 0.267 e. The maximum Gasteiger partial charge on any atom is 0.267 e. The Morgan fingerprint density at radius 2 is 1.92 bits per heavy atom. The van der Waals surface area contributed by atoms with Crippen LogP contribution in [0, 0.1) is 0 Å². The zero-order valence-electron chi connectivity index (χ0n) is 14.0. The van der Waals surface area contributed by atoms with Crippen molar-refractivity contribution in [1.82, 2.24) is 10.6 Å². The van der Waals surface area contributed by atoms with E-state index in [0.29, 0.717) is 28.6 Å². The Labute approximate surface area is 155 Å². The van der Waals surface area contributed by atoms with Crippen LogP contribution in [0.15, 0.2) is 48.2 Å². The van der Waals surface area contributed by atoms with Crippen molar-refractivity contribution < 1.29 is 19.1 Å². The van der Waals surface area contributed by atoms with E-state index in [2.05, 4.69) is 10.6 Å². The second-order valence-electron chi connectivity index (χ2n) is 5.46. The van der Waals surface area contributed by atoms with Crippen molar-refractivity contribution in [2.24, 2.45) is 0 Å². The van der Waals surface area contributed by atoms with Gasteiger partial charge in [-0.1, -0.05) is 29.8 Å². The van der Waals surface area contributed by atoms with Crippen molar-refractivity contribution in [3.05, 3.63) is 64.3 Å². The minimum atomic E-state index is -0.464. The van der Waals surface area contributed by atoms with Gasteiger partial charge in [-0.2, -0.15) is 0 Å². The van der Waals surface area contributed by atoms with E-state index in [9.17, 15) is 9.59 Å². The third-order valence-electron chi connectivity index (χ3n) is 3.66. The van der Waals surface area contributed by atoms with Gasteiger partial charge in [0.05, 0.1) is 10.6 Å². The van der Waals surface area contributed by atoms with Crippen LogP contribution >= 0.6 is 11.6 Å². The van der Waals surface area contributed by atoms with Gasteiger partial charge in [0.25, 0.3) is 11.8 Å². The first kappa shape index (κ1) is 17.8. The SMILES string of the molecule is CCNC(=O)C(=Cc1ccc2c(c1)OCO2)NC(=O)c1ccccc1Cl. The molecular formula is C19H17ClN2O4. The topological polar surface area (TPSA) is 76.7 Å². The van der Waals surface area contributed by atoms with Gasteiger partial charge in [0.15, 0.2) is 11.5 Å². The lowest BCUT2D eigenvalue weighted by Gasteiger charge is -2.11. The first-order valence-electron chi connectivity index (χ1n) is 8.04. The van der Waals surface area contributed by atoms with Crippen molar-refractivity contribution >= 4 is 29.5 Å². The van der Waals surface area contributed by atoms with Crippen LogP contribution < -0.4 is 20.1 Å². The Morgan fingerprint density at radius 3 is 2.69 bits per heavy atom. The van der Waals surface area contributed by atoms with E-state index >= 15 is 0 Å². The first-order chi connectivity index (χ1) is 12.6. The summed E-state index contributed by atoms with van der Waals surface area (Å²) in [6, 6.07) is 11.9. The summed E-state index contributed by atoms with van der Waals surface area (Å²) >= 11 is 6.06. The molecule has 2 N–H and O–H groups in total. The van der Waals surface area contributed by atoms with Crippen LogP contribution in [0.2, 0.25) is 5.02 Å². The number of amides is 2. The number of hydrogen-bond acceptors (Lipinski definition) is 4. The Kier molecular flexibility index (Phi) is 5.43. The molecule has 7 heteroatoms. The van der Waals surface area contributed by atoms with Crippen molar-refractivity contribution in [2.45, 2.75) is 6.92 Å². The molecule has 0 unspecified atom stereocenters. The molecule has 0 atom stereocenters. The molecule has 0 bridgehead atoms. The lowest BCUT2D eigenvalue weighted by Crippen LogP contribution is -2.34. The van der Waals surface area contributed by atoms with Crippen LogP contribution in [-0.4, -0.2) is 25.2 Å². The van der Waals surface area contributed by atoms with Crippen LogP contribution in [0.25, 0.3) is 6.08 Å². The van der Waals surface area contributed by atoms with Gasteiger partial charge in [0.2, 0.25) is 6.79 Å². The number of fused-ring (bicyclic) bond motifs is 1. The van der Waals surface area contributed by atoms with E-state index in [1.807, 2.05) is 0 Å². The van der Waals surface area contributed by atoms with E-state index in [-0.39, 0.29) is 18.1 Å². The molecule has 0 fully saturated rings. The highest BCUT2D eigenvalue weighted by atomic mass is 35.5. The van der Waals surface area contributed by atoms with E-state index in [0.717, 1.165) is 0 Å². The molecule has 2 aromatic carbocycles. The quantitative estimate of drug-likeness (QED) is 0.791. The maximum atomic E-state index is 12.5. The highest BCUT2D eigenvalue weighted by molar-refractivity contribution is 6.34. The van der Waals surface area contributed by atoms with Crippen LogP contribution in [0.1, 0.15) is 22.8 Å². The fraction of sp³-hybridized carbons (Fsp3) is 0.158. The second kappa shape index (κ2) is 7.93. The minimum Gasteiger partial charge on any atom is -0.454 e. The van der Waals surface area contributed by atoms with Crippen molar-refractivity contribution in [1.29, 1.82) is 0 Å². The van der Waals surface area contributed by atoms with Gasteiger partial charge in [-0.25, -0.2) is 0 Å². The van der Waals surface area contributed by atoms with Gasteiger partial charge in [0, 0.05) is 6.54 Å². The molecule has 1 aliphatic heterocycles. The summed E-state index contributed by atoms with van der Waals surface area (Å²) in [5.41, 5.74) is 1.08. The number of hydrogen-bond donors (Lipinski definition) is 2. The summed E-state index contributed by atoms with van der Waals surface area (Å²) in [4.78, 5) is 24.9. The number of carbonyl (C=O) groups is 2. The van der Waals surface area contributed by atoms with Crippen molar-refractivity contribution in [3.63, 3.8) is 0 Å². The van der Waals surface area contributed by atoms with Crippen LogP contribution in [-0.2, 0) is 4.79 Å². The lowest BCUT2D eigenvalue weighted by molar-refractivity contribution is -0.117. The molecule has 3 rings (SSSR count). The van der Waals surface area contributed by atoms with Gasteiger partial charge in [0.1, 0.15) is 5.70 Å². The van der Waals surface area contributed by atoms with E-state index in [4.69, 9.17) is 21.1 Å². The Balaban J connectivity index is 1.89. The average molecular weight is 373 g/mol. The summed E-state index contributed by atoms with van der Waals surface area (Å²) in [5.74, 6) is 0.368. The first-order valence-corrected chi connectivity index (χ1v) is 8.41. The number of ether oxygens (including phenoxy) is 2. The predicted octanol–water partition coefficient (Wildman–Crippen LogP) is 2.98. The summed E-state index contributed by atoms with van der Waals surface area (Å²) in [5, 5.41) is 5.62. The second-order valence-corrected chi connectivity index (χ2v) is 5.87. The fourth-order valence-electron chi connectivity index (χ4n) is 2.42. The predicted molar refractivity (Wildman–Crippen MR) is 98.1 cm³/mol. The van der Waals surface area contributed by atoms with Crippen molar-refractivity contribution in [2.75, 3.05) is 13.3 Å². The number of likely N-dealkylation sites (N-methyl/N-ethyl adjacent to an activating group) is 1. The molecule has 0 aromatic heterocycles. The third kappa shape index (κ3) is 3.97. The zero-order chi connectivity index (χ0) is 18.5. The highest BCUT2D eigenvalue weighted by Gasteiger charge is 2.17. The van der Waals surface area contributed by atoms with Crippen molar-refractivity contribution in [3.8, 4) is 11.5 Å². The largest absolute Gasteiger partial charge is 0.454 e. The molecule has 1 heterocycles. The van der Waals surface area contributed by atoms with Crippen LogP contribution in [0.4, 0.5) is 0 Å². The Morgan fingerprint density at radius 1 is 1.15 bits per heavy atom. The Bertz CT molecular complexity index is 880. The Hall–Kier alpha value is -2.99. The number of rotatable bonds is 5. The van der Waals surface area contributed by atoms with Crippen LogP contribution in [0.5, 0.6) is 11.5 Å². The number of nitrogens with one attached hydrogen (secondary N) is 2. The maximum absolute atomic E-state index is 12.5. The molecule has 0 spiro atoms. The molecule has 0 radical (unpaired) electrons. The molecule has 1 aliphatic rings. The molecule has 26 heavy (non-hydrogen) atoms. The summed E-state index contributed by atoms with van der Waals surface area (Å²) in [6.45, 7) is 2.39. The fourth-order valence-corrected chi connectivity index (χ4v) is 2.64. The average Bonchev–Trinajstić information content (AvgIpc) is 3.09. The summed E-state index contributed by atoms with van der Waals surface area (Å²) < 4.78 is 10.6. The van der Waals surface area contributed by atoms with E-state index in [1.165, 1.54) is 0 Å². The van der Waals surface area contributed by atoms with Crippen LogP contribution in [0.3, 0.4) is 0 Å². The molecule has 2 aromatic rings. The highest BCUT2D eigenvalue weighted by Crippen LogP contribution is 2.33. The molecule has 134 valence electrons. The van der Waals surface area contributed by atoms with Gasteiger partial charge in [-0.3, -0.25) is 9.59 Å². The third-order valence-corrected chi connectivity index (χ3v) is 3.99. The van der Waals surface area contributed by atoms with Gasteiger partial charge in [-0.15, -0.1) is 0 Å². The number of carbonyl (C=O) groups excluding carboxylic acids is 2. The molecule has 2 amide bonds. The summed E-state index contributed by atoms with van der Waals surface area (Å²) in [6.07, 6.45) is 1.57. The standard InChI is InChI=1S/C19H17ClN2O4/c1-2-21-19(24)15(22-18(23)13-5-3-4-6-14(13)20)9-12-7-8-16-17(10-12)26-11-25-16/h3-10H,2,11H2,1H3,(H,21,24)(H,22,23). The van der Waals surface area contributed by atoms with Gasteiger partial charge in [-0.05, 0) is 42.8 Å².